The van der Waals surface area contributed by atoms with Crippen LogP contribution >= 0.6 is 0 Å². The van der Waals surface area contributed by atoms with E-state index in [0.29, 0.717) is 0 Å². The molecule has 0 aliphatic rings. The first-order valence-corrected chi connectivity index (χ1v) is 7.78. The van der Waals surface area contributed by atoms with Crippen LogP contribution in [0.25, 0.3) is 5.57 Å². The summed E-state index contributed by atoms with van der Waals surface area (Å²) in [5, 5.41) is 0. The number of rotatable bonds is 5. The Morgan fingerprint density at radius 1 is 0.870 bits per heavy atom. The number of methoxy groups -OCH3 is 1. The number of allylic oxidation sites excluding steroid dienone is 4. The summed E-state index contributed by atoms with van der Waals surface area (Å²) >= 11 is 0. The molecule has 0 radical (unpaired) electrons. The predicted molar refractivity (Wildman–Crippen MR) is 99.7 cm³/mol. The first-order chi connectivity index (χ1) is 11.0. The molecule has 0 atom stereocenters. The highest BCUT2D eigenvalue weighted by molar-refractivity contribution is 5.82. The maximum Gasteiger partial charge on any atom is 0.118 e. The second-order valence-corrected chi connectivity index (χ2v) is 5.85. The minimum absolute atomic E-state index is 0.864. The second kappa shape index (κ2) is 7.64. The summed E-state index contributed by atoms with van der Waals surface area (Å²) < 4.78 is 5.27. The molecule has 118 valence electrons. The molecular formula is C22H24O. The average molecular weight is 304 g/mol. The van der Waals surface area contributed by atoms with E-state index in [9.17, 15) is 0 Å². The van der Waals surface area contributed by atoms with Gasteiger partial charge in [0.25, 0.3) is 0 Å². The van der Waals surface area contributed by atoms with Crippen molar-refractivity contribution in [3.63, 3.8) is 0 Å². The quantitative estimate of drug-likeness (QED) is 0.612. The van der Waals surface area contributed by atoms with Crippen molar-refractivity contribution >= 4 is 5.57 Å². The first-order valence-electron chi connectivity index (χ1n) is 7.78. The predicted octanol–water partition coefficient (Wildman–Crippen LogP) is 6.04. The van der Waals surface area contributed by atoms with E-state index in [1.807, 2.05) is 18.2 Å². The van der Waals surface area contributed by atoms with Gasteiger partial charge in [-0.25, -0.2) is 0 Å². The molecule has 0 bridgehead atoms. The lowest BCUT2D eigenvalue weighted by molar-refractivity contribution is 0.415. The fraction of sp³-hybridized carbons (Fsp3) is 0.182. The zero-order chi connectivity index (χ0) is 16.8. The van der Waals surface area contributed by atoms with Crippen molar-refractivity contribution in [2.24, 2.45) is 0 Å². The van der Waals surface area contributed by atoms with Crippen LogP contribution in [0.15, 0.2) is 84.0 Å². The Balaban J connectivity index is 2.61. The molecule has 23 heavy (non-hydrogen) atoms. The van der Waals surface area contributed by atoms with Crippen molar-refractivity contribution in [2.75, 3.05) is 7.11 Å². The van der Waals surface area contributed by atoms with Crippen LogP contribution in [-0.2, 0) is 0 Å². The summed E-state index contributed by atoms with van der Waals surface area (Å²) in [6.45, 7) is 10.4. The number of ether oxygens (including phenoxy) is 1. The molecule has 0 unspecified atom stereocenters. The van der Waals surface area contributed by atoms with Crippen LogP contribution < -0.4 is 4.74 Å². The Kier molecular flexibility index (Phi) is 5.59. The van der Waals surface area contributed by atoms with E-state index in [1.165, 1.54) is 22.3 Å². The zero-order valence-electron chi connectivity index (χ0n) is 14.4. The van der Waals surface area contributed by atoms with E-state index in [1.54, 1.807) is 7.11 Å². The number of hydrogen-bond acceptors (Lipinski definition) is 1. The molecule has 2 rings (SSSR count). The summed E-state index contributed by atoms with van der Waals surface area (Å²) in [6.07, 6.45) is 2.23. The third-order valence-corrected chi connectivity index (χ3v) is 3.77. The van der Waals surface area contributed by atoms with Crippen LogP contribution in [0.2, 0.25) is 0 Å². The van der Waals surface area contributed by atoms with Crippen LogP contribution in [-0.4, -0.2) is 7.11 Å². The van der Waals surface area contributed by atoms with Crippen molar-refractivity contribution in [1.82, 2.24) is 0 Å². The Morgan fingerprint density at radius 3 is 1.91 bits per heavy atom. The monoisotopic (exact) mass is 304 g/mol. The molecule has 2 aromatic carbocycles. The van der Waals surface area contributed by atoms with Crippen LogP contribution in [0.4, 0.5) is 0 Å². The molecule has 0 aromatic heterocycles. The minimum Gasteiger partial charge on any atom is -0.497 e. The zero-order valence-corrected chi connectivity index (χ0v) is 14.4. The lowest BCUT2D eigenvalue weighted by Gasteiger charge is -2.13. The van der Waals surface area contributed by atoms with Gasteiger partial charge in [-0.15, -0.1) is 0 Å². The second-order valence-electron chi connectivity index (χ2n) is 5.85. The van der Waals surface area contributed by atoms with E-state index >= 15 is 0 Å². The maximum atomic E-state index is 5.27. The van der Waals surface area contributed by atoms with Crippen molar-refractivity contribution in [2.45, 2.75) is 20.8 Å². The van der Waals surface area contributed by atoms with E-state index < -0.39 is 0 Å². The van der Waals surface area contributed by atoms with Crippen LogP contribution in [0.1, 0.15) is 31.9 Å². The van der Waals surface area contributed by atoms with Crippen LogP contribution in [0.3, 0.4) is 0 Å². The highest BCUT2D eigenvalue weighted by Gasteiger charge is 2.08. The molecule has 0 spiro atoms. The largest absolute Gasteiger partial charge is 0.497 e. The molecular weight excluding hydrogens is 280 g/mol. The lowest BCUT2D eigenvalue weighted by Crippen LogP contribution is -1.92. The fourth-order valence-electron chi connectivity index (χ4n) is 2.56. The van der Waals surface area contributed by atoms with Crippen molar-refractivity contribution in [3.05, 3.63) is 95.1 Å². The van der Waals surface area contributed by atoms with Gasteiger partial charge in [-0.3, -0.25) is 0 Å². The van der Waals surface area contributed by atoms with Gasteiger partial charge in [0.15, 0.2) is 0 Å². The number of hydrogen-bond donors (Lipinski definition) is 0. The van der Waals surface area contributed by atoms with Gasteiger partial charge >= 0.3 is 0 Å². The van der Waals surface area contributed by atoms with Crippen molar-refractivity contribution in [1.29, 1.82) is 0 Å². The van der Waals surface area contributed by atoms with Gasteiger partial charge in [-0.1, -0.05) is 60.2 Å². The summed E-state index contributed by atoms with van der Waals surface area (Å²) in [5.74, 6) is 0.864. The number of benzene rings is 2. The molecule has 0 saturated carbocycles. The Hall–Kier alpha value is -2.54. The fourth-order valence-corrected chi connectivity index (χ4v) is 2.56. The van der Waals surface area contributed by atoms with Gasteiger partial charge in [0.05, 0.1) is 7.11 Å². The van der Waals surface area contributed by atoms with Crippen molar-refractivity contribution in [3.8, 4) is 5.75 Å². The normalized spacial score (nSPS) is 11.0. The van der Waals surface area contributed by atoms with Crippen molar-refractivity contribution < 1.29 is 4.74 Å². The molecule has 1 nitrogen and oxygen atoms in total. The Bertz CT molecular complexity index is 727. The van der Waals surface area contributed by atoms with Gasteiger partial charge in [0, 0.05) is 0 Å². The molecule has 0 saturated heterocycles. The van der Waals surface area contributed by atoms with E-state index in [0.717, 1.165) is 16.9 Å². The first kappa shape index (κ1) is 16.8. The summed E-state index contributed by atoms with van der Waals surface area (Å²) in [7, 11) is 1.69. The van der Waals surface area contributed by atoms with Gasteiger partial charge in [0.2, 0.25) is 0 Å². The maximum absolute atomic E-state index is 5.27. The molecule has 0 amide bonds. The Morgan fingerprint density at radius 2 is 1.43 bits per heavy atom. The van der Waals surface area contributed by atoms with E-state index in [-0.39, 0.29) is 0 Å². The highest BCUT2D eigenvalue weighted by atomic mass is 16.5. The third kappa shape index (κ3) is 4.23. The standard InChI is InChI=1S/C22H24O/c1-16(2)21(17(3)4)15-22(18-9-7-6-8-10-18)19-11-13-20(23-5)14-12-19/h6-15H,1H2,2-5H3/b22-15-. The topological polar surface area (TPSA) is 9.23 Å². The SMILES string of the molecule is C=C(C)C(/C=C(/c1ccccc1)c1ccc(OC)cc1)=C(C)C. The summed E-state index contributed by atoms with van der Waals surface area (Å²) in [6, 6.07) is 18.6. The highest BCUT2D eigenvalue weighted by Crippen LogP contribution is 2.29. The summed E-state index contributed by atoms with van der Waals surface area (Å²) in [5.41, 5.74) is 7.08. The average Bonchev–Trinajstić information content (AvgIpc) is 2.56. The van der Waals surface area contributed by atoms with Crippen LogP contribution in [0, 0.1) is 0 Å². The molecule has 1 heteroatoms. The van der Waals surface area contributed by atoms with Crippen LogP contribution in [0.5, 0.6) is 5.75 Å². The van der Waals surface area contributed by atoms with E-state index in [2.05, 4.69) is 69.8 Å². The Labute approximate surface area is 139 Å². The molecule has 0 aliphatic carbocycles. The van der Waals surface area contributed by atoms with Gasteiger partial charge in [-0.2, -0.15) is 0 Å². The molecule has 0 heterocycles. The van der Waals surface area contributed by atoms with E-state index in [4.69, 9.17) is 4.74 Å². The smallest absolute Gasteiger partial charge is 0.118 e. The van der Waals surface area contributed by atoms with Gasteiger partial charge < -0.3 is 4.74 Å². The molecule has 0 fully saturated rings. The molecule has 0 N–H and O–H groups in total. The lowest BCUT2D eigenvalue weighted by atomic mass is 9.93. The molecule has 2 aromatic rings. The third-order valence-electron chi connectivity index (χ3n) is 3.77. The minimum atomic E-state index is 0.864. The molecule has 0 aliphatic heterocycles. The summed E-state index contributed by atoms with van der Waals surface area (Å²) in [4.78, 5) is 0. The van der Waals surface area contributed by atoms with Gasteiger partial charge in [0.1, 0.15) is 5.75 Å². The van der Waals surface area contributed by atoms with Gasteiger partial charge in [-0.05, 0) is 61.3 Å².